The third-order valence-corrected chi connectivity index (χ3v) is 5.79. The molecule has 0 spiro atoms. The Bertz CT molecular complexity index is 997. The minimum Gasteiger partial charge on any atom is -0.508 e. The fourth-order valence-corrected chi connectivity index (χ4v) is 4.54. The first-order valence-corrected chi connectivity index (χ1v) is 9.88. The van der Waals surface area contributed by atoms with Crippen LogP contribution < -0.4 is 5.32 Å². The summed E-state index contributed by atoms with van der Waals surface area (Å²) in [5.74, 6) is 0.268. The molecule has 2 atom stereocenters. The van der Waals surface area contributed by atoms with Crippen LogP contribution in [0.3, 0.4) is 0 Å². The average molecular weight is 393 g/mol. The van der Waals surface area contributed by atoms with Gasteiger partial charge in [0.05, 0.1) is 17.8 Å². The summed E-state index contributed by atoms with van der Waals surface area (Å²) < 4.78 is 2.22. The molecule has 28 heavy (non-hydrogen) atoms. The van der Waals surface area contributed by atoms with E-state index in [4.69, 9.17) is 12.2 Å². The fraction of sp³-hybridized carbons (Fsp3) is 0.273. The van der Waals surface area contributed by atoms with Crippen molar-refractivity contribution in [2.75, 3.05) is 6.54 Å². The first-order chi connectivity index (χ1) is 13.5. The van der Waals surface area contributed by atoms with Gasteiger partial charge in [-0.25, -0.2) is 0 Å². The number of aromatic nitrogens is 2. The third-order valence-electron chi connectivity index (χ3n) is 5.44. The van der Waals surface area contributed by atoms with Crippen molar-refractivity contribution in [3.05, 3.63) is 77.4 Å². The summed E-state index contributed by atoms with van der Waals surface area (Å²) in [7, 11) is 0. The molecule has 3 heterocycles. The van der Waals surface area contributed by atoms with Crippen molar-refractivity contribution in [3.8, 4) is 11.4 Å². The second kappa shape index (κ2) is 7.28. The van der Waals surface area contributed by atoms with Gasteiger partial charge in [-0.05, 0) is 81.0 Å². The van der Waals surface area contributed by atoms with Crippen LogP contribution in [0.5, 0.6) is 5.75 Å². The number of benzene rings is 1. The second-order valence-electron chi connectivity index (χ2n) is 7.09. The van der Waals surface area contributed by atoms with Gasteiger partial charge in [-0.3, -0.25) is 4.98 Å². The van der Waals surface area contributed by atoms with Crippen LogP contribution in [0.15, 0.2) is 54.7 Å². The van der Waals surface area contributed by atoms with Gasteiger partial charge < -0.3 is 19.9 Å². The smallest absolute Gasteiger partial charge is 0.170 e. The number of pyridine rings is 1. The summed E-state index contributed by atoms with van der Waals surface area (Å²) in [4.78, 5) is 6.82. The molecular formula is C22H24N4OS. The van der Waals surface area contributed by atoms with Crippen LogP contribution in [0.2, 0.25) is 0 Å². The van der Waals surface area contributed by atoms with E-state index in [9.17, 15) is 5.11 Å². The van der Waals surface area contributed by atoms with E-state index in [2.05, 4.69) is 46.6 Å². The van der Waals surface area contributed by atoms with Crippen LogP contribution in [-0.2, 0) is 0 Å². The number of rotatable bonds is 4. The van der Waals surface area contributed by atoms with Gasteiger partial charge in [0.1, 0.15) is 5.75 Å². The molecule has 1 aliphatic rings. The molecule has 0 unspecified atom stereocenters. The number of thiocarbonyl (C=S) groups is 1. The zero-order valence-corrected chi connectivity index (χ0v) is 17.1. The largest absolute Gasteiger partial charge is 0.508 e. The van der Waals surface area contributed by atoms with Crippen molar-refractivity contribution in [3.63, 3.8) is 0 Å². The topological polar surface area (TPSA) is 53.3 Å². The van der Waals surface area contributed by atoms with E-state index in [-0.39, 0.29) is 17.8 Å². The highest BCUT2D eigenvalue weighted by atomic mass is 32.1. The molecule has 0 saturated carbocycles. The molecule has 1 saturated heterocycles. The van der Waals surface area contributed by atoms with Crippen molar-refractivity contribution < 1.29 is 5.11 Å². The summed E-state index contributed by atoms with van der Waals surface area (Å²) in [6, 6.07) is 15.6. The van der Waals surface area contributed by atoms with Crippen LogP contribution in [-0.4, -0.2) is 31.2 Å². The number of hydrogen-bond donors (Lipinski definition) is 2. The lowest BCUT2D eigenvalue weighted by molar-refractivity contribution is 0.329. The highest BCUT2D eigenvalue weighted by molar-refractivity contribution is 7.80. The van der Waals surface area contributed by atoms with Gasteiger partial charge in [0.15, 0.2) is 5.11 Å². The molecule has 0 aliphatic carbocycles. The standard InChI is InChI=1S/C22H24N4OS/c1-4-25-21(20(24-22(25)28)19-7-5-6-12-23-19)18-13-14(2)26(15(18)3)16-8-10-17(27)11-9-16/h5-13,20-21,27H,4H2,1-3H3,(H,24,28)/t20-,21-/m1/s1. The van der Waals surface area contributed by atoms with Crippen LogP contribution >= 0.6 is 12.2 Å². The maximum absolute atomic E-state index is 9.63. The van der Waals surface area contributed by atoms with Crippen molar-refractivity contribution in [2.45, 2.75) is 32.9 Å². The number of nitrogens with one attached hydrogen (secondary N) is 1. The lowest BCUT2D eigenvalue weighted by Crippen LogP contribution is -2.29. The van der Waals surface area contributed by atoms with Crippen LogP contribution in [0.1, 0.15) is 41.7 Å². The number of hydrogen-bond acceptors (Lipinski definition) is 3. The normalized spacial score (nSPS) is 19.1. The number of phenols is 1. The summed E-state index contributed by atoms with van der Waals surface area (Å²) in [6.45, 7) is 7.19. The summed E-state index contributed by atoms with van der Waals surface area (Å²) in [6.07, 6.45) is 1.82. The lowest BCUT2D eigenvalue weighted by atomic mass is 9.97. The fourth-order valence-electron chi connectivity index (χ4n) is 4.17. The van der Waals surface area contributed by atoms with E-state index >= 15 is 0 Å². The Morgan fingerprint density at radius 3 is 2.54 bits per heavy atom. The maximum Gasteiger partial charge on any atom is 0.170 e. The SMILES string of the molecule is CCN1C(=S)N[C@H](c2ccccn2)[C@H]1c1cc(C)n(-c2ccc(O)cc2)c1C. The minimum atomic E-state index is 0.00224. The number of aromatic hydroxyl groups is 1. The van der Waals surface area contributed by atoms with E-state index in [1.807, 2.05) is 36.5 Å². The minimum absolute atomic E-state index is 0.00224. The van der Waals surface area contributed by atoms with E-state index < -0.39 is 0 Å². The number of likely N-dealkylation sites (N-methyl/N-ethyl adjacent to an activating group) is 1. The number of phenolic OH excluding ortho intramolecular Hbond substituents is 1. The summed E-state index contributed by atoms with van der Waals surface area (Å²) >= 11 is 5.64. The number of nitrogens with zero attached hydrogens (tertiary/aromatic N) is 3. The van der Waals surface area contributed by atoms with Gasteiger partial charge in [0.25, 0.3) is 0 Å². The maximum atomic E-state index is 9.63. The van der Waals surface area contributed by atoms with Gasteiger partial charge in [0.2, 0.25) is 0 Å². The van der Waals surface area contributed by atoms with Crippen molar-refractivity contribution in [1.82, 2.24) is 19.8 Å². The predicted molar refractivity (Wildman–Crippen MR) is 115 cm³/mol. The first kappa shape index (κ1) is 18.5. The van der Waals surface area contributed by atoms with Gasteiger partial charge in [-0.2, -0.15) is 0 Å². The molecule has 0 bridgehead atoms. The van der Waals surface area contributed by atoms with E-state index in [1.165, 1.54) is 11.3 Å². The number of aryl methyl sites for hydroxylation is 1. The molecule has 0 amide bonds. The predicted octanol–water partition coefficient (Wildman–Crippen LogP) is 4.19. The highest BCUT2D eigenvalue weighted by Crippen LogP contribution is 2.41. The van der Waals surface area contributed by atoms with E-state index in [0.29, 0.717) is 0 Å². The van der Waals surface area contributed by atoms with E-state index in [0.717, 1.165) is 28.7 Å². The summed E-state index contributed by atoms with van der Waals surface area (Å²) in [5, 5.41) is 13.9. The highest BCUT2D eigenvalue weighted by Gasteiger charge is 2.40. The zero-order chi connectivity index (χ0) is 19.8. The Morgan fingerprint density at radius 1 is 1.14 bits per heavy atom. The summed E-state index contributed by atoms with van der Waals surface area (Å²) in [5.41, 5.74) is 5.56. The molecule has 1 aliphatic heterocycles. The molecule has 144 valence electrons. The lowest BCUT2D eigenvalue weighted by Gasteiger charge is -2.27. The molecule has 0 radical (unpaired) electrons. The van der Waals surface area contributed by atoms with Crippen molar-refractivity contribution in [2.24, 2.45) is 0 Å². The second-order valence-corrected chi connectivity index (χ2v) is 7.48. The molecule has 4 rings (SSSR count). The van der Waals surface area contributed by atoms with Gasteiger partial charge in [-0.1, -0.05) is 6.07 Å². The Hall–Kier alpha value is -2.86. The van der Waals surface area contributed by atoms with Crippen LogP contribution in [0.4, 0.5) is 0 Å². The van der Waals surface area contributed by atoms with Crippen molar-refractivity contribution in [1.29, 1.82) is 0 Å². The Balaban J connectivity index is 1.82. The first-order valence-electron chi connectivity index (χ1n) is 9.47. The van der Waals surface area contributed by atoms with Gasteiger partial charge >= 0.3 is 0 Å². The monoisotopic (exact) mass is 392 g/mol. The molecule has 1 aromatic carbocycles. The molecule has 3 aromatic rings. The van der Waals surface area contributed by atoms with Gasteiger partial charge in [-0.15, -0.1) is 0 Å². The van der Waals surface area contributed by atoms with Crippen LogP contribution in [0, 0.1) is 13.8 Å². The Labute approximate surface area is 170 Å². The molecular weight excluding hydrogens is 368 g/mol. The van der Waals surface area contributed by atoms with Crippen molar-refractivity contribution >= 4 is 17.3 Å². The third kappa shape index (κ3) is 3.03. The average Bonchev–Trinajstić information content (AvgIpc) is 3.18. The van der Waals surface area contributed by atoms with E-state index in [1.54, 1.807) is 12.1 Å². The quantitative estimate of drug-likeness (QED) is 0.652. The van der Waals surface area contributed by atoms with Gasteiger partial charge in [0, 0.05) is 29.8 Å². The molecule has 2 aromatic heterocycles. The Morgan fingerprint density at radius 2 is 1.89 bits per heavy atom. The molecule has 6 heteroatoms. The molecule has 1 fully saturated rings. The Kier molecular flexibility index (Phi) is 4.81. The van der Waals surface area contributed by atoms with Crippen LogP contribution in [0.25, 0.3) is 5.69 Å². The molecule has 5 nitrogen and oxygen atoms in total. The molecule has 2 N–H and O–H groups in total. The zero-order valence-electron chi connectivity index (χ0n) is 16.3.